The third kappa shape index (κ3) is 14.1. The molecule has 0 unspecified atom stereocenters. The van der Waals surface area contributed by atoms with Crippen molar-refractivity contribution < 1.29 is 58.2 Å². The Morgan fingerprint density at radius 3 is 1.69 bits per heavy atom. The Morgan fingerprint density at radius 1 is 0.644 bits per heavy atom. The number of carbonyl (C=O) groups is 10. The number of aliphatic hydroxyl groups is 1. The van der Waals surface area contributed by atoms with Gasteiger partial charge in [0.1, 0.15) is 48.8 Å². The molecule has 2 rings (SSSR count). The molecular weight excluding hydrogens is 776 g/mol. The normalized spacial score (nSPS) is 19.5. The largest absolute Gasteiger partial charge is 0.480 e. The van der Waals surface area contributed by atoms with E-state index in [4.69, 9.17) is 16.6 Å². The molecule has 2 aliphatic rings. The fourth-order valence-electron chi connectivity index (χ4n) is 6.66. The summed E-state index contributed by atoms with van der Waals surface area (Å²) in [5.74, 6) is -9.42. The standard InChI is InChI=1S/C37H62N10O12/c1-17(2)27(39)33(55)43-22(16-48)36(58)47-13-9-11-24(47)37(59)46-12-8-10-23(46)32(54)44-29(19(5)6)35(57)45-28(18(3)4)34(56)41-20(7)30(52)42-21(14-25(38)49)31(53)40-15-26(50)51/h17-24,27-29,48H,8-16,39H2,1-7H3,(H2,38,49)(H,40,53)(H,41,56)(H,42,52)(H,43,55)(H,44,54)(H,45,57)(H,50,51)/t20-,21-,22-,23-,24-,27-,28-,29-/m0/s1. The molecule has 22 nitrogen and oxygen atoms in total. The van der Waals surface area contributed by atoms with Gasteiger partial charge in [-0.15, -0.1) is 0 Å². The summed E-state index contributed by atoms with van der Waals surface area (Å²) in [6, 6.07) is -9.43. The molecule has 0 aromatic rings. The number of primary amides is 1. The second kappa shape index (κ2) is 22.7. The topological polar surface area (TPSA) is 342 Å². The monoisotopic (exact) mass is 838 g/mol. The van der Waals surface area contributed by atoms with E-state index >= 15 is 0 Å². The van der Waals surface area contributed by atoms with Gasteiger partial charge in [-0.2, -0.15) is 0 Å². The lowest BCUT2D eigenvalue weighted by Gasteiger charge is -2.33. The molecule has 0 aromatic carbocycles. The van der Waals surface area contributed by atoms with Crippen LogP contribution >= 0.6 is 0 Å². The summed E-state index contributed by atoms with van der Waals surface area (Å²) in [4.78, 5) is 131. The minimum atomic E-state index is -1.53. The van der Waals surface area contributed by atoms with Crippen LogP contribution in [0.2, 0.25) is 0 Å². The Balaban J connectivity index is 2.14. The van der Waals surface area contributed by atoms with E-state index in [0.29, 0.717) is 19.3 Å². The molecule has 12 N–H and O–H groups in total. The van der Waals surface area contributed by atoms with E-state index in [2.05, 4.69) is 26.6 Å². The first-order chi connectivity index (χ1) is 27.5. The molecule has 8 atom stereocenters. The Hall–Kier alpha value is -5.38. The van der Waals surface area contributed by atoms with Gasteiger partial charge in [0, 0.05) is 13.1 Å². The highest BCUT2D eigenvalue weighted by atomic mass is 16.4. The van der Waals surface area contributed by atoms with E-state index in [-0.39, 0.29) is 25.4 Å². The number of hydrogen-bond donors (Lipinski definition) is 10. The Labute approximate surface area is 343 Å². The summed E-state index contributed by atoms with van der Waals surface area (Å²) in [5, 5.41) is 33.3. The van der Waals surface area contributed by atoms with Crippen LogP contribution in [0.15, 0.2) is 0 Å². The van der Waals surface area contributed by atoms with Crippen molar-refractivity contribution in [3.63, 3.8) is 0 Å². The zero-order chi connectivity index (χ0) is 44.9. The number of nitrogens with two attached hydrogens (primary N) is 2. The highest BCUT2D eigenvalue weighted by Crippen LogP contribution is 2.26. The van der Waals surface area contributed by atoms with Crippen molar-refractivity contribution in [2.24, 2.45) is 29.2 Å². The van der Waals surface area contributed by atoms with Gasteiger partial charge in [-0.1, -0.05) is 41.5 Å². The minimum Gasteiger partial charge on any atom is -0.480 e. The molecule has 22 heteroatoms. The molecule has 332 valence electrons. The van der Waals surface area contributed by atoms with Crippen LogP contribution in [0.4, 0.5) is 0 Å². The summed E-state index contributed by atoms with van der Waals surface area (Å²) < 4.78 is 0. The lowest BCUT2D eigenvalue weighted by Crippen LogP contribution is -2.61. The predicted octanol–water partition coefficient (Wildman–Crippen LogP) is -4.22. The fourth-order valence-corrected chi connectivity index (χ4v) is 6.66. The third-order valence-electron chi connectivity index (χ3n) is 10.2. The van der Waals surface area contributed by atoms with E-state index in [9.17, 15) is 53.1 Å². The van der Waals surface area contributed by atoms with Crippen molar-refractivity contribution in [2.75, 3.05) is 26.2 Å². The summed E-state index contributed by atoms with van der Waals surface area (Å²) in [7, 11) is 0. The van der Waals surface area contributed by atoms with Crippen LogP contribution in [0.3, 0.4) is 0 Å². The molecule has 2 fully saturated rings. The molecule has 0 radical (unpaired) electrons. The molecule has 2 saturated heterocycles. The lowest BCUT2D eigenvalue weighted by atomic mass is 9.99. The SMILES string of the molecule is CC(C)[C@H](N)C(=O)N[C@@H](CO)C(=O)N1CCC[C@H]1C(=O)N1CCC[C@H]1C(=O)N[C@H](C(=O)N[C@H](C(=O)N[C@@H](C)C(=O)N[C@@H](CC(N)=O)C(=O)NCC(=O)O)C(C)C)C(C)C. The van der Waals surface area contributed by atoms with Crippen LogP contribution < -0.4 is 43.4 Å². The van der Waals surface area contributed by atoms with Gasteiger partial charge in [0.15, 0.2) is 0 Å². The van der Waals surface area contributed by atoms with Gasteiger partial charge < -0.3 is 63.4 Å². The van der Waals surface area contributed by atoms with Crippen molar-refractivity contribution in [1.82, 2.24) is 41.7 Å². The number of carbonyl (C=O) groups excluding carboxylic acids is 9. The summed E-state index contributed by atoms with van der Waals surface area (Å²) in [5.41, 5.74) is 11.1. The smallest absolute Gasteiger partial charge is 0.322 e. The van der Waals surface area contributed by atoms with E-state index < -0.39 is 139 Å². The van der Waals surface area contributed by atoms with Crippen molar-refractivity contribution in [2.45, 2.75) is 129 Å². The van der Waals surface area contributed by atoms with Crippen LogP contribution in [-0.4, -0.2) is 154 Å². The number of likely N-dealkylation sites (tertiary alicyclic amines) is 2. The number of aliphatic hydroxyl groups excluding tert-OH is 1. The number of nitrogens with one attached hydrogen (secondary N) is 6. The van der Waals surface area contributed by atoms with Crippen LogP contribution in [0.25, 0.3) is 0 Å². The first-order valence-corrected chi connectivity index (χ1v) is 19.8. The second-order valence-electron chi connectivity index (χ2n) is 15.9. The molecule has 59 heavy (non-hydrogen) atoms. The predicted molar refractivity (Wildman–Crippen MR) is 209 cm³/mol. The van der Waals surface area contributed by atoms with Gasteiger partial charge in [0.2, 0.25) is 53.2 Å². The van der Waals surface area contributed by atoms with Gasteiger partial charge in [-0.05, 0) is 50.4 Å². The molecular formula is C37H62N10O12. The fraction of sp³-hybridized carbons (Fsp3) is 0.730. The van der Waals surface area contributed by atoms with E-state index in [0.717, 1.165) is 0 Å². The highest BCUT2D eigenvalue weighted by molar-refractivity contribution is 5.99. The minimum absolute atomic E-state index is 0.188. The maximum absolute atomic E-state index is 14.0. The Bertz CT molecular complexity index is 1590. The quantitative estimate of drug-likeness (QED) is 0.0525. The van der Waals surface area contributed by atoms with E-state index in [1.165, 1.54) is 16.7 Å². The maximum Gasteiger partial charge on any atom is 0.322 e. The molecule has 9 amide bonds. The molecule has 0 bridgehead atoms. The molecule has 0 aromatic heterocycles. The van der Waals surface area contributed by atoms with Gasteiger partial charge in [-0.3, -0.25) is 47.9 Å². The van der Waals surface area contributed by atoms with Gasteiger partial charge in [-0.25, -0.2) is 0 Å². The number of nitrogens with zero attached hydrogens (tertiary/aromatic N) is 2. The maximum atomic E-state index is 14.0. The average molecular weight is 839 g/mol. The van der Waals surface area contributed by atoms with Crippen molar-refractivity contribution >= 4 is 59.1 Å². The van der Waals surface area contributed by atoms with Crippen molar-refractivity contribution in [1.29, 1.82) is 0 Å². The molecule has 0 spiro atoms. The number of rotatable bonds is 21. The molecule has 0 saturated carbocycles. The first-order valence-electron chi connectivity index (χ1n) is 19.8. The van der Waals surface area contributed by atoms with Gasteiger partial charge in [0.05, 0.1) is 19.1 Å². The van der Waals surface area contributed by atoms with Gasteiger partial charge in [0.25, 0.3) is 0 Å². The number of amides is 9. The Morgan fingerprint density at radius 2 is 1.17 bits per heavy atom. The van der Waals surface area contributed by atoms with Crippen LogP contribution in [-0.2, 0) is 47.9 Å². The second-order valence-corrected chi connectivity index (χ2v) is 15.9. The molecule has 2 heterocycles. The van der Waals surface area contributed by atoms with Gasteiger partial charge >= 0.3 is 5.97 Å². The summed E-state index contributed by atoms with van der Waals surface area (Å²) >= 11 is 0. The van der Waals surface area contributed by atoms with E-state index in [1.807, 2.05) is 5.32 Å². The molecule has 0 aliphatic carbocycles. The number of hydrogen-bond acceptors (Lipinski definition) is 12. The van der Waals surface area contributed by atoms with Crippen LogP contribution in [0.5, 0.6) is 0 Å². The Kier molecular flexibility index (Phi) is 19.1. The number of carboxylic acid groups (broad SMARTS) is 1. The zero-order valence-corrected chi connectivity index (χ0v) is 34.7. The average Bonchev–Trinajstić information content (AvgIpc) is 3.86. The van der Waals surface area contributed by atoms with E-state index in [1.54, 1.807) is 41.5 Å². The number of carboxylic acids is 1. The van der Waals surface area contributed by atoms with Crippen molar-refractivity contribution in [3.05, 3.63) is 0 Å². The number of aliphatic carboxylic acids is 1. The lowest BCUT2D eigenvalue weighted by molar-refractivity contribution is -0.148. The zero-order valence-electron chi connectivity index (χ0n) is 34.7. The summed E-state index contributed by atoms with van der Waals surface area (Å²) in [6.07, 6.45) is 0.834. The van der Waals surface area contributed by atoms with Crippen LogP contribution in [0, 0.1) is 17.8 Å². The summed E-state index contributed by atoms with van der Waals surface area (Å²) in [6.45, 7) is 10.2. The van der Waals surface area contributed by atoms with Crippen molar-refractivity contribution in [3.8, 4) is 0 Å². The third-order valence-corrected chi connectivity index (χ3v) is 10.2. The first kappa shape index (κ1) is 49.8. The highest BCUT2D eigenvalue weighted by Gasteiger charge is 2.44. The van der Waals surface area contributed by atoms with Crippen LogP contribution in [0.1, 0.15) is 80.6 Å². The molecule has 2 aliphatic heterocycles.